The van der Waals surface area contributed by atoms with Gasteiger partial charge in [-0.3, -0.25) is 4.79 Å². The van der Waals surface area contributed by atoms with E-state index in [4.69, 9.17) is 0 Å². The van der Waals surface area contributed by atoms with Gasteiger partial charge in [0.05, 0.1) is 6.20 Å². The summed E-state index contributed by atoms with van der Waals surface area (Å²) in [7, 11) is 0. The van der Waals surface area contributed by atoms with Crippen LogP contribution >= 0.6 is 0 Å². The van der Waals surface area contributed by atoms with Gasteiger partial charge in [-0.1, -0.05) is 20.8 Å². The van der Waals surface area contributed by atoms with Gasteiger partial charge in [0, 0.05) is 17.1 Å². The van der Waals surface area contributed by atoms with Gasteiger partial charge in [-0.05, 0) is 24.2 Å². The second-order valence-electron chi connectivity index (χ2n) is 5.50. The van der Waals surface area contributed by atoms with Crippen LogP contribution in [0.25, 0.3) is 0 Å². The van der Waals surface area contributed by atoms with Crippen LogP contribution in [-0.2, 0) is 4.79 Å². The van der Waals surface area contributed by atoms with Gasteiger partial charge >= 0.3 is 0 Å². The Labute approximate surface area is 95.4 Å². The van der Waals surface area contributed by atoms with E-state index in [1.807, 2.05) is 0 Å². The number of ketones is 1. The van der Waals surface area contributed by atoms with Crippen molar-refractivity contribution in [3.8, 4) is 0 Å². The maximum Gasteiger partial charge on any atom is 0.144 e. The molecule has 16 heavy (non-hydrogen) atoms. The average Bonchev–Trinajstić information content (AvgIpc) is 2.88. The third-order valence-corrected chi connectivity index (χ3v) is 4.77. The van der Waals surface area contributed by atoms with Crippen molar-refractivity contribution in [3.05, 3.63) is 12.5 Å². The molecule has 1 heterocycles. The Hall–Kier alpha value is -1.19. The molecule has 2 fully saturated rings. The third-order valence-electron chi connectivity index (χ3n) is 4.77. The molecule has 3 rings (SSSR count). The minimum atomic E-state index is 0.0255. The van der Waals surface area contributed by atoms with E-state index in [1.165, 1.54) is 18.9 Å². The zero-order chi connectivity index (χ0) is 11.8. The molecule has 0 radical (unpaired) electrons. The third kappa shape index (κ3) is 1.47. The summed E-state index contributed by atoms with van der Waals surface area (Å²) in [5.74, 6) is 1.19. The van der Waals surface area contributed by atoms with E-state index in [1.54, 1.807) is 0 Å². The molecule has 4 nitrogen and oxygen atoms in total. The fourth-order valence-electron chi connectivity index (χ4n) is 3.04. The summed E-state index contributed by atoms with van der Waals surface area (Å²) in [6.07, 6.45) is 6.13. The van der Waals surface area contributed by atoms with E-state index in [-0.39, 0.29) is 10.8 Å². The standard InChI is InChI=1S/C10H16O.C2H2N2O/c1-9(2)7-4-5-10(9,3)8(11)6-7;1-2-5-4-3-1/h7H,4-6H2,1-3H3;1-2H. The molecule has 0 amide bonds. The van der Waals surface area contributed by atoms with Crippen LogP contribution in [0.5, 0.6) is 0 Å². The van der Waals surface area contributed by atoms with E-state index in [9.17, 15) is 4.79 Å². The lowest BCUT2D eigenvalue weighted by atomic mass is 9.70. The molecule has 2 aliphatic rings. The van der Waals surface area contributed by atoms with Crippen LogP contribution in [0.1, 0.15) is 40.0 Å². The summed E-state index contributed by atoms with van der Waals surface area (Å²) in [6.45, 7) is 6.67. The summed E-state index contributed by atoms with van der Waals surface area (Å²) in [6, 6.07) is 0. The summed E-state index contributed by atoms with van der Waals surface area (Å²) in [5.41, 5.74) is 0.307. The van der Waals surface area contributed by atoms with Crippen molar-refractivity contribution in [2.45, 2.75) is 40.0 Å². The van der Waals surface area contributed by atoms with Crippen LogP contribution in [0.15, 0.2) is 17.0 Å². The Bertz CT molecular complexity index is 355. The molecule has 1 aromatic rings. The van der Waals surface area contributed by atoms with E-state index >= 15 is 0 Å². The molecule has 2 saturated carbocycles. The maximum absolute atomic E-state index is 11.6. The Morgan fingerprint density at radius 1 is 1.44 bits per heavy atom. The molecule has 2 aliphatic carbocycles. The molecule has 2 unspecified atom stereocenters. The number of hydrogen-bond donors (Lipinski definition) is 0. The van der Waals surface area contributed by atoms with E-state index < -0.39 is 0 Å². The molecule has 0 aliphatic heterocycles. The zero-order valence-corrected chi connectivity index (χ0v) is 10.1. The highest BCUT2D eigenvalue weighted by molar-refractivity contribution is 5.89. The van der Waals surface area contributed by atoms with Crippen LogP contribution in [0.3, 0.4) is 0 Å². The molecule has 0 saturated heterocycles. The molecule has 88 valence electrons. The normalized spacial score (nSPS) is 34.7. The molecule has 1 aromatic heterocycles. The van der Waals surface area contributed by atoms with Gasteiger partial charge in [0.25, 0.3) is 0 Å². The first-order valence-electron chi connectivity index (χ1n) is 5.73. The Morgan fingerprint density at radius 2 is 2.19 bits per heavy atom. The molecule has 2 atom stereocenters. The highest BCUT2D eigenvalue weighted by Crippen LogP contribution is 2.63. The minimum Gasteiger partial charge on any atom is -0.346 e. The van der Waals surface area contributed by atoms with Crippen molar-refractivity contribution >= 4 is 5.78 Å². The van der Waals surface area contributed by atoms with Gasteiger partial charge in [0.1, 0.15) is 12.0 Å². The van der Waals surface area contributed by atoms with Crippen molar-refractivity contribution in [2.24, 2.45) is 16.7 Å². The van der Waals surface area contributed by atoms with Crippen LogP contribution in [0.4, 0.5) is 0 Å². The summed E-state index contributed by atoms with van der Waals surface area (Å²) >= 11 is 0. The van der Waals surface area contributed by atoms with Gasteiger partial charge in [0.2, 0.25) is 0 Å². The minimum absolute atomic E-state index is 0.0255. The number of hydrogen-bond acceptors (Lipinski definition) is 4. The molecule has 0 N–H and O–H groups in total. The second kappa shape index (κ2) is 3.68. The fourth-order valence-corrected chi connectivity index (χ4v) is 3.04. The first-order chi connectivity index (χ1) is 7.48. The molecular formula is C12H18N2O2. The van der Waals surface area contributed by atoms with Crippen molar-refractivity contribution < 1.29 is 9.32 Å². The van der Waals surface area contributed by atoms with Crippen LogP contribution in [-0.4, -0.2) is 16.2 Å². The lowest BCUT2D eigenvalue weighted by Crippen LogP contribution is -2.32. The molecule has 0 spiro atoms. The summed E-state index contributed by atoms with van der Waals surface area (Å²) in [5, 5.41) is 6.40. The Balaban J connectivity index is 0.000000162. The predicted molar refractivity (Wildman–Crippen MR) is 58.5 cm³/mol. The highest BCUT2D eigenvalue weighted by atomic mass is 16.5. The summed E-state index contributed by atoms with van der Waals surface area (Å²) < 4.78 is 4.22. The van der Waals surface area contributed by atoms with Crippen LogP contribution in [0, 0.1) is 16.7 Å². The van der Waals surface area contributed by atoms with E-state index in [2.05, 4.69) is 35.7 Å². The van der Waals surface area contributed by atoms with E-state index in [0.29, 0.717) is 11.7 Å². The van der Waals surface area contributed by atoms with Gasteiger partial charge < -0.3 is 4.52 Å². The van der Waals surface area contributed by atoms with Crippen LogP contribution < -0.4 is 0 Å². The predicted octanol–water partition coefficient (Wildman–Crippen LogP) is 2.47. The highest BCUT2D eigenvalue weighted by Gasteiger charge is 2.61. The van der Waals surface area contributed by atoms with Crippen molar-refractivity contribution in [2.75, 3.05) is 0 Å². The first-order valence-corrected chi connectivity index (χ1v) is 5.73. The first kappa shape index (κ1) is 11.3. The molecule has 4 heteroatoms. The number of carbonyl (C=O) groups excluding carboxylic acids is 1. The number of Topliss-reactive ketones (excluding diaryl/α,β-unsaturated/α-hetero) is 1. The van der Waals surface area contributed by atoms with Gasteiger partial charge in [-0.15, -0.1) is 5.10 Å². The SMILES string of the molecule is CC12CCC(CC1=O)C2(C)C.c1conn1. The molecule has 0 aromatic carbocycles. The lowest BCUT2D eigenvalue weighted by Gasteiger charge is -2.32. The topological polar surface area (TPSA) is 56.0 Å². The average molecular weight is 222 g/mol. The van der Waals surface area contributed by atoms with Gasteiger partial charge in [-0.25, -0.2) is 0 Å². The summed E-state index contributed by atoms with van der Waals surface area (Å²) in [4.78, 5) is 11.6. The number of rotatable bonds is 0. The van der Waals surface area contributed by atoms with Crippen molar-refractivity contribution in [3.63, 3.8) is 0 Å². The fraction of sp³-hybridized carbons (Fsp3) is 0.750. The zero-order valence-electron chi connectivity index (χ0n) is 10.1. The number of carbonyl (C=O) groups is 1. The van der Waals surface area contributed by atoms with Crippen molar-refractivity contribution in [1.29, 1.82) is 0 Å². The monoisotopic (exact) mass is 222 g/mol. The molecular weight excluding hydrogens is 204 g/mol. The maximum atomic E-state index is 11.6. The molecule has 2 bridgehead atoms. The van der Waals surface area contributed by atoms with Crippen LogP contribution in [0.2, 0.25) is 0 Å². The van der Waals surface area contributed by atoms with Gasteiger partial charge in [0.15, 0.2) is 0 Å². The van der Waals surface area contributed by atoms with E-state index in [0.717, 1.165) is 12.8 Å². The smallest absolute Gasteiger partial charge is 0.144 e. The lowest BCUT2D eigenvalue weighted by molar-refractivity contribution is -0.128. The second-order valence-corrected chi connectivity index (χ2v) is 5.50. The van der Waals surface area contributed by atoms with Crippen molar-refractivity contribution in [1.82, 2.24) is 10.4 Å². The Morgan fingerprint density at radius 3 is 2.38 bits per heavy atom. The number of nitrogens with zero attached hydrogens (tertiary/aromatic N) is 2. The Kier molecular flexibility index (Phi) is 2.60. The quantitative estimate of drug-likeness (QED) is 0.676. The van der Waals surface area contributed by atoms with Gasteiger partial charge in [-0.2, -0.15) is 0 Å². The largest absolute Gasteiger partial charge is 0.346 e. The number of aromatic nitrogens is 2. The number of fused-ring (bicyclic) bond motifs is 2.